The number of carbonyl (C=O) groups is 1. The summed E-state index contributed by atoms with van der Waals surface area (Å²) in [6.07, 6.45) is 3.39. The normalized spacial score (nSPS) is 15.5. The number of hydrogen-bond donors (Lipinski definition) is 1. The third kappa shape index (κ3) is 6.07. The number of ether oxygens (including phenoxy) is 1. The summed E-state index contributed by atoms with van der Waals surface area (Å²) in [6, 6.07) is 18.8. The van der Waals surface area contributed by atoms with Crippen molar-refractivity contribution in [3.63, 3.8) is 0 Å². The number of aldehydes is 1. The Labute approximate surface area is 154 Å². The highest BCUT2D eigenvalue weighted by Gasteiger charge is 2.17. The summed E-state index contributed by atoms with van der Waals surface area (Å²) in [6.45, 7) is 4.53. The minimum Gasteiger partial charge on any atom is -0.310 e. The Kier molecular flexibility index (Phi) is 7.95. The number of carbonyl (C=O) groups excluding carboxylic acids is 1. The van der Waals surface area contributed by atoms with Gasteiger partial charge in [0.2, 0.25) is 15.3 Å². The summed E-state index contributed by atoms with van der Waals surface area (Å²) >= 11 is 0. The molecular formula is C20H21NO4S. The fourth-order valence-corrected chi connectivity index (χ4v) is 2.72. The number of nitrogens with one attached hydrogen (secondary N) is 1. The maximum Gasteiger partial charge on any atom is 0.248 e. The van der Waals surface area contributed by atoms with Gasteiger partial charge in [0, 0.05) is 0 Å². The average Bonchev–Trinajstić information content (AvgIpc) is 3.20. The summed E-state index contributed by atoms with van der Waals surface area (Å²) in [5.41, 5.74) is 3.66. The van der Waals surface area contributed by atoms with Gasteiger partial charge < -0.3 is 4.74 Å². The molecule has 1 heterocycles. The molecule has 6 heteroatoms. The van der Waals surface area contributed by atoms with E-state index < -0.39 is 15.3 Å². The van der Waals surface area contributed by atoms with E-state index in [4.69, 9.17) is 4.74 Å². The van der Waals surface area contributed by atoms with Gasteiger partial charge in [0.1, 0.15) is 6.23 Å². The van der Waals surface area contributed by atoms with Crippen LogP contribution in [0.5, 0.6) is 0 Å². The largest absolute Gasteiger partial charge is 0.310 e. The first kappa shape index (κ1) is 19.8. The first-order valence-electron chi connectivity index (χ1n) is 8.23. The molecule has 0 radical (unpaired) electrons. The van der Waals surface area contributed by atoms with Crippen molar-refractivity contribution >= 4 is 27.7 Å². The lowest BCUT2D eigenvalue weighted by molar-refractivity contribution is -0.104. The van der Waals surface area contributed by atoms with Crippen molar-refractivity contribution < 1.29 is 17.9 Å². The molecular weight excluding hydrogens is 350 g/mol. The van der Waals surface area contributed by atoms with E-state index in [-0.39, 0.29) is 12.5 Å². The Morgan fingerprint density at radius 2 is 1.73 bits per heavy atom. The molecule has 0 aromatic heterocycles. The van der Waals surface area contributed by atoms with Gasteiger partial charge in [-0.2, -0.15) is 8.42 Å². The zero-order chi connectivity index (χ0) is 18.8. The van der Waals surface area contributed by atoms with Gasteiger partial charge in [0.05, 0.1) is 0 Å². The van der Waals surface area contributed by atoms with E-state index in [1.54, 1.807) is 0 Å². The SMILES string of the molecule is C=Cc1ccc(-c2ccccc2)cc1.O=CC(OC1CCCN1)=S(=O)=O. The van der Waals surface area contributed by atoms with Crippen molar-refractivity contribution in [3.8, 4) is 11.1 Å². The Hall–Kier alpha value is -2.54. The van der Waals surface area contributed by atoms with Crippen molar-refractivity contribution in [2.75, 3.05) is 6.54 Å². The molecule has 1 N–H and O–H groups in total. The van der Waals surface area contributed by atoms with Crippen LogP contribution in [0.15, 0.2) is 61.2 Å². The first-order chi connectivity index (χ1) is 12.6. The summed E-state index contributed by atoms with van der Waals surface area (Å²) < 4.78 is 25.4. The monoisotopic (exact) mass is 371 g/mol. The van der Waals surface area contributed by atoms with Crippen molar-refractivity contribution in [2.24, 2.45) is 0 Å². The number of hydrogen-bond acceptors (Lipinski definition) is 5. The van der Waals surface area contributed by atoms with E-state index >= 15 is 0 Å². The van der Waals surface area contributed by atoms with Crippen molar-refractivity contribution in [2.45, 2.75) is 19.1 Å². The zero-order valence-electron chi connectivity index (χ0n) is 14.3. The molecule has 2 aromatic rings. The molecule has 1 saturated heterocycles. The van der Waals surface area contributed by atoms with E-state index in [9.17, 15) is 13.2 Å². The van der Waals surface area contributed by atoms with Gasteiger partial charge in [-0.25, -0.2) is 0 Å². The van der Waals surface area contributed by atoms with Crippen LogP contribution in [0.1, 0.15) is 18.4 Å². The second kappa shape index (κ2) is 10.5. The standard InChI is InChI=1S/C14H12.C6H9NO4S/c1-2-12-8-10-14(11-9-12)13-6-4-3-5-7-13;8-4-6(12(9)10)11-5-2-1-3-7-5/h2-11H,1H2;4-5,7H,1-3H2. The van der Waals surface area contributed by atoms with Crippen molar-refractivity contribution in [1.82, 2.24) is 5.32 Å². The third-order valence-electron chi connectivity index (χ3n) is 3.79. The van der Waals surface area contributed by atoms with Gasteiger partial charge >= 0.3 is 0 Å². The molecule has 5 nitrogen and oxygen atoms in total. The number of rotatable bonds is 4. The Bertz CT molecular complexity index is 844. The molecule has 0 spiro atoms. The van der Waals surface area contributed by atoms with Gasteiger partial charge in [-0.3, -0.25) is 10.1 Å². The van der Waals surface area contributed by atoms with Crippen LogP contribution in [-0.2, 0) is 19.8 Å². The lowest BCUT2D eigenvalue weighted by Crippen LogP contribution is -2.28. The first-order valence-corrected chi connectivity index (χ1v) is 9.31. The van der Waals surface area contributed by atoms with Crippen LogP contribution in [0.3, 0.4) is 0 Å². The van der Waals surface area contributed by atoms with E-state index in [0.717, 1.165) is 24.9 Å². The molecule has 0 bridgehead atoms. The Balaban J connectivity index is 0.000000190. The molecule has 0 saturated carbocycles. The minimum absolute atomic E-state index is 0.198. The quantitative estimate of drug-likeness (QED) is 0.661. The van der Waals surface area contributed by atoms with Gasteiger partial charge in [-0.15, -0.1) is 0 Å². The highest BCUT2D eigenvalue weighted by atomic mass is 32.2. The lowest BCUT2D eigenvalue weighted by atomic mass is 10.0. The van der Waals surface area contributed by atoms with Crippen LogP contribution in [0, 0.1) is 0 Å². The lowest BCUT2D eigenvalue weighted by Gasteiger charge is -2.07. The Morgan fingerprint density at radius 1 is 1.08 bits per heavy atom. The fourth-order valence-electron chi connectivity index (χ4n) is 2.44. The highest BCUT2D eigenvalue weighted by molar-refractivity contribution is 7.74. The topological polar surface area (TPSA) is 72.5 Å². The minimum atomic E-state index is -2.56. The van der Waals surface area contributed by atoms with Gasteiger partial charge in [-0.1, -0.05) is 67.3 Å². The molecule has 2 aromatic carbocycles. The van der Waals surface area contributed by atoms with Gasteiger partial charge in [0.15, 0.2) is 6.29 Å². The van der Waals surface area contributed by atoms with Crippen LogP contribution in [0.2, 0.25) is 0 Å². The van der Waals surface area contributed by atoms with Crippen LogP contribution in [0.25, 0.3) is 17.2 Å². The van der Waals surface area contributed by atoms with Crippen LogP contribution < -0.4 is 5.32 Å². The maximum atomic E-state index is 10.3. The van der Waals surface area contributed by atoms with Crippen LogP contribution in [0.4, 0.5) is 0 Å². The maximum absolute atomic E-state index is 10.3. The van der Waals surface area contributed by atoms with Gasteiger partial charge in [0.25, 0.3) is 0 Å². The highest BCUT2D eigenvalue weighted by Crippen LogP contribution is 2.19. The molecule has 0 amide bonds. The third-order valence-corrected chi connectivity index (χ3v) is 4.31. The summed E-state index contributed by atoms with van der Waals surface area (Å²) in [4.78, 5) is 10.2. The summed E-state index contributed by atoms with van der Waals surface area (Å²) in [7, 11) is -2.56. The van der Waals surface area contributed by atoms with E-state index in [2.05, 4.69) is 60.4 Å². The van der Waals surface area contributed by atoms with Crippen LogP contribution >= 0.6 is 0 Å². The molecule has 1 aliphatic rings. The smallest absolute Gasteiger partial charge is 0.248 e. The summed E-state index contributed by atoms with van der Waals surface area (Å²) in [5, 5.41) is 2.37. The molecule has 0 aliphatic carbocycles. The predicted octanol–water partition coefficient (Wildman–Crippen LogP) is 2.92. The van der Waals surface area contributed by atoms with E-state index in [1.165, 1.54) is 11.1 Å². The van der Waals surface area contributed by atoms with Crippen LogP contribution in [-0.4, -0.2) is 32.5 Å². The summed E-state index contributed by atoms with van der Waals surface area (Å²) in [5.74, 6) is 0. The number of benzene rings is 2. The second-order valence-corrected chi connectivity index (χ2v) is 6.44. The van der Waals surface area contributed by atoms with E-state index in [0.29, 0.717) is 0 Å². The molecule has 26 heavy (non-hydrogen) atoms. The fraction of sp³-hybridized carbons (Fsp3) is 0.200. The molecule has 1 unspecified atom stereocenters. The predicted molar refractivity (Wildman–Crippen MR) is 104 cm³/mol. The average molecular weight is 371 g/mol. The molecule has 136 valence electrons. The Morgan fingerprint density at radius 3 is 2.23 bits per heavy atom. The van der Waals surface area contributed by atoms with E-state index in [1.807, 2.05) is 12.1 Å². The van der Waals surface area contributed by atoms with Crippen molar-refractivity contribution in [1.29, 1.82) is 0 Å². The second-order valence-electron chi connectivity index (χ2n) is 5.57. The molecule has 1 atom stereocenters. The van der Waals surface area contributed by atoms with Crippen molar-refractivity contribution in [3.05, 3.63) is 66.7 Å². The molecule has 1 aliphatic heterocycles. The molecule has 3 rings (SSSR count). The van der Waals surface area contributed by atoms with Gasteiger partial charge in [-0.05, 0) is 36.1 Å². The zero-order valence-corrected chi connectivity index (χ0v) is 15.1. The molecule has 1 fully saturated rings.